The lowest BCUT2D eigenvalue weighted by molar-refractivity contribution is 0.102. The molecule has 1 amide bonds. The normalized spacial score (nSPS) is 10.3. The molecular formula is C14H10Br2FNO. The maximum absolute atomic E-state index is 13.0. The minimum absolute atomic E-state index is 0.230. The zero-order valence-electron chi connectivity index (χ0n) is 10.0. The second-order valence-corrected chi connectivity index (χ2v) is 5.70. The van der Waals surface area contributed by atoms with E-state index in [2.05, 4.69) is 37.2 Å². The summed E-state index contributed by atoms with van der Waals surface area (Å²) in [5, 5.41) is 2.75. The predicted molar refractivity (Wildman–Crippen MR) is 80.9 cm³/mol. The van der Waals surface area contributed by atoms with Crippen LogP contribution in [0.15, 0.2) is 45.3 Å². The third-order valence-electron chi connectivity index (χ3n) is 2.69. The van der Waals surface area contributed by atoms with E-state index in [9.17, 15) is 9.18 Å². The fourth-order valence-corrected chi connectivity index (χ4v) is 2.45. The molecule has 0 saturated heterocycles. The number of carbonyl (C=O) groups is 1. The van der Waals surface area contributed by atoms with Crippen molar-refractivity contribution < 1.29 is 9.18 Å². The van der Waals surface area contributed by atoms with Gasteiger partial charge in [0.05, 0.1) is 5.69 Å². The molecule has 2 aromatic rings. The van der Waals surface area contributed by atoms with Crippen LogP contribution < -0.4 is 5.32 Å². The third-order valence-corrected chi connectivity index (χ3v) is 4.21. The zero-order chi connectivity index (χ0) is 14.0. The van der Waals surface area contributed by atoms with Crippen molar-refractivity contribution in [2.24, 2.45) is 0 Å². The molecule has 0 heterocycles. The highest BCUT2D eigenvalue weighted by Gasteiger charge is 2.12. The van der Waals surface area contributed by atoms with E-state index in [1.807, 2.05) is 13.0 Å². The number of halogens is 3. The van der Waals surface area contributed by atoms with Gasteiger partial charge in [0.15, 0.2) is 0 Å². The number of nitrogens with one attached hydrogen (secondary N) is 1. The lowest BCUT2D eigenvalue weighted by Crippen LogP contribution is -2.14. The van der Waals surface area contributed by atoms with Crippen LogP contribution >= 0.6 is 31.9 Å². The molecular weight excluding hydrogens is 377 g/mol. The van der Waals surface area contributed by atoms with Gasteiger partial charge in [0, 0.05) is 14.5 Å². The molecule has 0 radical (unpaired) electrons. The van der Waals surface area contributed by atoms with Gasteiger partial charge >= 0.3 is 0 Å². The Kier molecular flexibility index (Phi) is 4.37. The van der Waals surface area contributed by atoms with Gasteiger partial charge in [-0.15, -0.1) is 0 Å². The minimum Gasteiger partial charge on any atom is -0.321 e. The van der Waals surface area contributed by atoms with Crippen LogP contribution in [0.25, 0.3) is 0 Å². The largest absolute Gasteiger partial charge is 0.321 e. The average molecular weight is 387 g/mol. The maximum atomic E-state index is 13.0. The first-order valence-electron chi connectivity index (χ1n) is 5.50. The lowest BCUT2D eigenvalue weighted by atomic mass is 10.1. The van der Waals surface area contributed by atoms with Gasteiger partial charge in [-0.25, -0.2) is 4.39 Å². The summed E-state index contributed by atoms with van der Waals surface area (Å²) < 4.78 is 14.4. The molecule has 0 aliphatic rings. The molecule has 5 heteroatoms. The molecule has 0 fully saturated rings. The van der Waals surface area contributed by atoms with Crippen molar-refractivity contribution in [3.63, 3.8) is 0 Å². The quantitative estimate of drug-likeness (QED) is 0.780. The molecule has 0 atom stereocenters. The highest BCUT2D eigenvalue weighted by Crippen LogP contribution is 2.25. The van der Waals surface area contributed by atoms with Gasteiger partial charge in [0.2, 0.25) is 0 Å². The number of carbonyl (C=O) groups excluding carboxylic acids is 1. The SMILES string of the molecule is Cc1c(Br)cccc1C(=O)Nc1ccc(F)cc1Br. The molecule has 2 aromatic carbocycles. The first-order valence-corrected chi connectivity index (χ1v) is 7.09. The van der Waals surface area contributed by atoms with Gasteiger partial charge < -0.3 is 5.32 Å². The number of benzene rings is 2. The second kappa shape index (κ2) is 5.84. The Hall–Kier alpha value is -1.20. The van der Waals surface area contributed by atoms with Gasteiger partial charge in [-0.3, -0.25) is 4.79 Å². The smallest absolute Gasteiger partial charge is 0.255 e. The van der Waals surface area contributed by atoms with Crippen LogP contribution in [0.4, 0.5) is 10.1 Å². The van der Waals surface area contributed by atoms with E-state index in [0.717, 1.165) is 10.0 Å². The highest BCUT2D eigenvalue weighted by atomic mass is 79.9. The molecule has 2 nitrogen and oxygen atoms in total. The number of anilines is 1. The van der Waals surface area contributed by atoms with Crippen LogP contribution in [0.2, 0.25) is 0 Å². The van der Waals surface area contributed by atoms with Crippen LogP contribution in [-0.2, 0) is 0 Å². The summed E-state index contributed by atoms with van der Waals surface area (Å²) in [5.74, 6) is -0.588. The predicted octanol–water partition coefficient (Wildman–Crippen LogP) is 4.91. The fourth-order valence-electron chi connectivity index (χ4n) is 1.63. The Labute approximate surface area is 127 Å². The Balaban J connectivity index is 2.28. The van der Waals surface area contributed by atoms with Crippen molar-refractivity contribution in [3.05, 3.63) is 62.3 Å². The summed E-state index contributed by atoms with van der Waals surface area (Å²) in [7, 11) is 0. The summed E-state index contributed by atoms with van der Waals surface area (Å²) in [6.45, 7) is 1.86. The fraction of sp³-hybridized carbons (Fsp3) is 0.0714. The van der Waals surface area contributed by atoms with Crippen LogP contribution in [0, 0.1) is 12.7 Å². The molecule has 0 saturated carbocycles. The molecule has 98 valence electrons. The molecule has 2 rings (SSSR count). The first kappa shape index (κ1) is 14.2. The number of hydrogen-bond donors (Lipinski definition) is 1. The summed E-state index contributed by atoms with van der Waals surface area (Å²) in [5.41, 5.74) is 1.97. The molecule has 0 spiro atoms. The minimum atomic E-state index is -0.358. The Morgan fingerprint density at radius 1 is 1.16 bits per heavy atom. The van der Waals surface area contributed by atoms with E-state index >= 15 is 0 Å². The van der Waals surface area contributed by atoms with Gasteiger partial charge in [-0.05, 0) is 58.7 Å². The van der Waals surface area contributed by atoms with Crippen molar-refractivity contribution in [2.45, 2.75) is 6.92 Å². The molecule has 0 aliphatic heterocycles. The van der Waals surface area contributed by atoms with E-state index in [-0.39, 0.29) is 11.7 Å². The van der Waals surface area contributed by atoms with Crippen molar-refractivity contribution in [1.82, 2.24) is 0 Å². The molecule has 0 unspecified atom stereocenters. The topological polar surface area (TPSA) is 29.1 Å². The summed E-state index contributed by atoms with van der Waals surface area (Å²) >= 11 is 6.60. The third kappa shape index (κ3) is 3.22. The van der Waals surface area contributed by atoms with Gasteiger partial charge in [-0.2, -0.15) is 0 Å². The number of rotatable bonds is 2. The zero-order valence-corrected chi connectivity index (χ0v) is 13.2. The molecule has 0 aromatic heterocycles. The van der Waals surface area contributed by atoms with Gasteiger partial charge in [-0.1, -0.05) is 22.0 Å². The van der Waals surface area contributed by atoms with E-state index in [0.29, 0.717) is 15.7 Å². The Morgan fingerprint density at radius 2 is 1.89 bits per heavy atom. The van der Waals surface area contributed by atoms with Crippen molar-refractivity contribution >= 4 is 43.5 Å². The second-order valence-electron chi connectivity index (χ2n) is 3.99. The first-order chi connectivity index (χ1) is 8.99. The van der Waals surface area contributed by atoms with E-state index < -0.39 is 0 Å². The van der Waals surface area contributed by atoms with Crippen LogP contribution in [0.3, 0.4) is 0 Å². The van der Waals surface area contributed by atoms with Crippen LogP contribution in [-0.4, -0.2) is 5.91 Å². The Bertz CT molecular complexity index is 643. The molecule has 1 N–H and O–H groups in total. The molecule has 0 aliphatic carbocycles. The summed E-state index contributed by atoms with van der Waals surface area (Å²) in [6, 6.07) is 9.54. The highest BCUT2D eigenvalue weighted by molar-refractivity contribution is 9.10. The average Bonchev–Trinajstić information content (AvgIpc) is 2.36. The van der Waals surface area contributed by atoms with Crippen molar-refractivity contribution in [3.8, 4) is 0 Å². The van der Waals surface area contributed by atoms with E-state index in [4.69, 9.17) is 0 Å². The number of hydrogen-bond acceptors (Lipinski definition) is 1. The maximum Gasteiger partial charge on any atom is 0.255 e. The van der Waals surface area contributed by atoms with Gasteiger partial charge in [0.25, 0.3) is 5.91 Å². The van der Waals surface area contributed by atoms with E-state index in [1.165, 1.54) is 18.2 Å². The van der Waals surface area contributed by atoms with Crippen molar-refractivity contribution in [2.75, 3.05) is 5.32 Å². The summed E-state index contributed by atoms with van der Waals surface area (Å²) in [6.07, 6.45) is 0. The van der Waals surface area contributed by atoms with Crippen LogP contribution in [0.1, 0.15) is 15.9 Å². The van der Waals surface area contributed by atoms with E-state index in [1.54, 1.807) is 12.1 Å². The summed E-state index contributed by atoms with van der Waals surface area (Å²) in [4.78, 5) is 12.2. The molecule has 0 bridgehead atoms. The Morgan fingerprint density at radius 3 is 2.58 bits per heavy atom. The lowest BCUT2D eigenvalue weighted by Gasteiger charge is -2.10. The standard InChI is InChI=1S/C14H10Br2FNO/c1-8-10(3-2-4-11(8)15)14(19)18-13-6-5-9(17)7-12(13)16/h2-7H,1H3,(H,18,19). The van der Waals surface area contributed by atoms with Crippen LogP contribution in [0.5, 0.6) is 0 Å². The number of amides is 1. The monoisotopic (exact) mass is 385 g/mol. The van der Waals surface area contributed by atoms with Gasteiger partial charge in [0.1, 0.15) is 5.82 Å². The molecule has 19 heavy (non-hydrogen) atoms. The van der Waals surface area contributed by atoms with Crippen molar-refractivity contribution in [1.29, 1.82) is 0 Å².